The number of rotatable bonds is 9. The number of carbonyl (C=O) groups excluding carboxylic acids is 1. The van der Waals surface area contributed by atoms with E-state index >= 15 is 0 Å². The Kier molecular flexibility index (Phi) is 7.93. The first kappa shape index (κ1) is 18.1. The fourth-order valence-corrected chi connectivity index (χ4v) is 3.28. The second-order valence-corrected chi connectivity index (χ2v) is 6.96. The van der Waals surface area contributed by atoms with E-state index in [1.54, 1.807) is 6.92 Å². The van der Waals surface area contributed by atoms with E-state index in [1.807, 2.05) is 11.8 Å². The molecular weight excluding hydrogens is 288 g/mol. The van der Waals surface area contributed by atoms with Crippen molar-refractivity contribution in [3.63, 3.8) is 0 Å². The lowest BCUT2D eigenvalue weighted by molar-refractivity contribution is -0.148. The van der Waals surface area contributed by atoms with Crippen molar-refractivity contribution in [2.24, 2.45) is 5.41 Å². The molecule has 0 aliphatic heterocycles. The third-order valence-corrected chi connectivity index (χ3v) is 5.01. The molecule has 2 amide bonds. The SMILES string of the molecule is CSCCCCCCNC(=O)NC1CCCC1(C)C(=O)O. The molecule has 0 spiro atoms. The van der Waals surface area contributed by atoms with E-state index in [9.17, 15) is 14.7 Å². The van der Waals surface area contributed by atoms with Crippen molar-refractivity contribution < 1.29 is 14.7 Å². The predicted octanol–water partition coefficient (Wildman–Crippen LogP) is 2.85. The van der Waals surface area contributed by atoms with E-state index < -0.39 is 11.4 Å². The first-order valence-electron chi connectivity index (χ1n) is 7.77. The molecule has 2 atom stereocenters. The van der Waals surface area contributed by atoms with E-state index in [2.05, 4.69) is 16.9 Å². The van der Waals surface area contributed by atoms with Crippen LogP contribution in [-0.4, -0.2) is 41.7 Å². The van der Waals surface area contributed by atoms with Gasteiger partial charge in [-0.15, -0.1) is 0 Å². The number of hydrogen-bond donors (Lipinski definition) is 3. The molecule has 3 N–H and O–H groups in total. The number of unbranched alkanes of at least 4 members (excludes halogenated alkanes) is 3. The van der Waals surface area contributed by atoms with Crippen molar-refractivity contribution in [1.82, 2.24) is 10.6 Å². The zero-order valence-electron chi connectivity index (χ0n) is 13.1. The summed E-state index contributed by atoms with van der Waals surface area (Å²) in [7, 11) is 0. The molecule has 5 nitrogen and oxygen atoms in total. The molecule has 0 heterocycles. The second kappa shape index (κ2) is 9.18. The molecule has 0 bridgehead atoms. The Morgan fingerprint density at radius 3 is 2.67 bits per heavy atom. The summed E-state index contributed by atoms with van der Waals surface area (Å²) in [5.41, 5.74) is -0.824. The number of carbonyl (C=O) groups is 2. The highest BCUT2D eigenvalue weighted by atomic mass is 32.2. The molecule has 0 aromatic rings. The van der Waals surface area contributed by atoms with Crippen LogP contribution in [0.4, 0.5) is 4.79 Å². The van der Waals surface area contributed by atoms with Crippen LogP contribution < -0.4 is 10.6 Å². The van der Waals surface area contributed by atoms with Crippen molar-refractivity contribution in [2.75, 3.05) is 18.6 Å². The lowest BCUT2D eigenvalue weighted by Gasteiger charge is -2.27. The molecule has 1 aliphatic rings. The zero-order chi connectivity index (χ0) is 15.7. The van der Waals surface area contributed by atoms with Crippen LogP contribution >= 0.6 is 11.8 Å². The summed E-state index contributed by atoms with van der Waals surface area (Å²) in [4.78, 5) is 23.2. The quantitative estimate of drug-likeness (QED) is 0.572. The minimum Gasteiger partial charge on any atom is -0.481 e. The van der Waals surface area contributed by atoms with Crippen LogP contribution in [0.3, 0.4) is 0 Å². The van der Waals surface area contributed by atoms with Gasteiger partial charge in [-0.1, -0.05) is 19.3 Å². The Hall–Kier alpha value is -0.910. The molecule has 1 aliphatic carbocycles. The predicted molar refractivity (Wildman–Crippen MR) is 86.8 cm³/mol. The van der Waals surface area contributed by atoms with Gasteiger partial charge in [0, 0.05) is 12.6 Å². The third kappa shape index (κ3) is 5.77. The average molecular weight is 316 g/mol. The summed E-state index contributed by atoms with van der Waals surface area (Å²) in [5, 5.41) is 15.0. The van der Waals surface area contributed by atoms with Gasteiger partial charge in [-0.2, -0.15) is 11.8 Å². The van der Waals surface area contributed by atoms with Crippen LogP contribution in [0.1, 0.15) is 51.9 Å². The normalized spacial score (nSPS) is 24.8. The molecule has 1 rings (SSSR count). The smallest absolute Gasteiger partial charge is 0.315 e. The summed E-state index contributed by atoms with van der Waals surface area (Å²) in [5.74, 6) is 0.378. The largest absolute Gasteiger partial charge is 0.481 e. The van der Waals surface area contributed by atoms with E-state index in [4.69, 9.17) is 0 Å². The van der Waals surface area contributed by atoms with Crippen LogP contribution in [0.2, 0.25) is 0 Å². The number of carboxylic acid groups (broad SMARTS) is 1. The minimum absolute atomic E-state index is 0.238. The van der Waals surface area contributed by atoms with Crippen LogP contribution in [0.25, 0.3) is 0 Å². The molecule has 0 aromatic heterocycles. The standard InChI is InChI=1S/C15H28N2O3S/c1-15(13(18)19)9-7-8-12(15)17-14(20)16-10-5-3-4-6-11-21-2/h12H,3-11H2,1-2H3,(H,18,19)(H2,16,17,20). The van der Waals surface area contributed by atoms with Crippen molar-refractivity contribution in [2.45, 2.75) is 57.9 Å². The molecule has 21 heavy (non-hydrogen) atoms. The third-order valence-electron chi connectivity index (χ3n) is 4.31. The fourth-order valence-electron chi connectivity index (χ4n) is 2.79. The number of aliphatic carboxylic acids is 1. The van der Waals surface area contributed by atoms with Gasteiger partial charge in [0.2, 0.25) is 0 Å². The molecule has 1 saturated carbocycles. The van der Waals surface area contributed by atoms with Crippen molar-refractivity contribution in [1.29, 1.82) is 0 Å². The monoisotopic (exact) mass is 316 g/mol. The zero-order valence-corrected chi connectivity index (χ0v) is 13.9. The number of nitrogens with one attached hydrogen (secondary N) is 2. The molecule has 122 valence electrons. The maximum Gasteiger partial charge on any atom is 0.315 e. The molecular formula is C15H28N2O3S. The first-order chi connectivity index (χ1) is 10.0. The van der Waals surface area contributed by atoms with Crippen molar-refractivity contribution in [3.05, 3.63) is 0 Å². The summed E-state index contributed by atoms with van der Waals surface area (Å²) in [6.45, 7) is 2.38. The van der Waals surface area contributed by atoms with Crippen molar-refractivity contribution in [3.8, 4) is 0 Å². The highest BCUT2D eigenvalue weighted by Crippen LogP contribution is 2.38. The van der Waals surface area contributed by atoms with Gasteiger partial charge in [0.15, 0.2) is 0 Å². The molecule has 0 radical (unpaired) electrons. The summed E-state index contributed by atoms with van der Waals surface area (Å²) >= 11 is 1.86. The Bertz CT molecular complexity index is 352. The maximum atomic E-state index is 11.8. The van der Waals surface area contributed by atoms with Gasteiger partial charge in [-0.25, -0.2) is 4.79 Å². The van der Waals surface area contributed by atoms with Gasteiger partial charge in [-0.3, -0.25) is 4.79 Å². The van der Waals surface area contributed by atoms with Gasteiger partial charge >= 0.3 is 12.0 Å². The van der Waals surface area contributed by atoms with E-state index in [0.29, 0.717) is 13.0 Å². The van der Waals surface area contributed by atoms with Crippen LogP contribution in [0.15, 0.2) is 0 Å². The van der Waals surface area contributed by atoms with Crippen LogP contribution in [0, 0.1) is 5.41 Å². The highest BCUT2D eigenvalue weighted by molar-refractivity contribution is 7.98. The van der Waals surface area contributed by atoms with Gasteiger partial charge in [-0.05, 0) is 44.6 Å². The number of thioether (sulfide) groups is 1. The van der Waals surface area contributed by atoms with Crippen LogP contribution in [-0.2, 0) is 4.79 Å². The molecule has 1 fully saturated rings. The summed E-state index contributed by atoms with van der Waals surface area (Å²) in [6, 6.07) is -0.505. The highest BCUT2D eigenvalue weighted by Gasteiger charge is 2.45. The summed E-state index contributed by atoms with van der Waals surface area (Å²) in [6.07, 6.45) is 8.85. The fraction of sp³-hybridized carbons (Fsp3) is 0.867. The van der Waals surface area contributed by atoms with Gasteiger partial charge in [0.1, 0.15) is 0 Å². The van der Waals surface area contributed by atoms with E-state index in [0.717, 1.165) is 25.7 Å². The lowest BCUT2D eigenvalue weighted by Crippen LogP contribution is -2.50. The van der Waals surface area contributed by atoms with Crippen LogP contribution in [0.5, 0.6) is 0 Å². The lowest BCUT2D eigenvalue weighted by atomic mass is 9.85. The number of urea groups is 1. The Labute approximate surface area is 131 Å². The van der Waals surface area contributed by atoms with Gasteiger partial charge in [0.05, 0.1) is 5.41 Å². The second-order valence-electron chi connectivity index (χ2n) is 5.97. The number of carboxylic acids is 1. The van der Waals surface area contributed by atoms with E-state index in [1.165, 1.54) is 18.6 Å². The molecule has 2 unspecified atom stereocenters. The Balaban J connectivity index is 2.17. The van der Waals surface area contributed by atoms with E-state index in [-0.39, 0.29) is 12.1 Å². The molecule has 0 aromatic carbocycles. The molecule has 6 heteroatoms. The van der Waals surface area contributed by atoms with Gasteiger partial charge in [0.25, 0.3) is 0 Å². The Morgan fingerprint density at radius 1 is 1.29 bits per heavy atom. The van der Waals surface area contributed by atoms with Gasteiger partial charge < -0.3 is 15.7 Å². The number of hydrogen-bond acceptors (Lipinski definition) is 3. The van der Waals surface area contributed by atoms with Crippen molar-refractivity contribution >= 4 is 23.8 Å². The average Bonchev–Trinajstić information content (AvgIpc) is 2.80. The minimum atomic E-state index is -0.824. The maximum absolute atomic E-state index is 11.8. The Morgan fingerprint density at radius 2 is 2.00 bits per heavy atom. The first-order valence-corrected chi connectivity index (χ1v) is 9.17. The number of amides is 2. The topological polar surface area (TPSA) is 78.4 Å². The summed E-state index contributed by atoms with van der Waals surface area (Å²) < 4.78 is 0. The molecule has 0 saturated heterocycles.